The molecule has 0 unspecified atom stereocenters. The molecule has 31 nitrogen and oxygen atoms in total. The monoisotopic (exact) mass is 1500 g/mol. The fraction of sp³-hybridized carbons (Fsp3) is 0.467. The summed E-state index contributed by atoms with van der Waals surface area (Å²) in [6, 6.07) is 15.0. The molecule has 1 aliphatic heterocycles. The van der Waals surface area contributed by atoms with Gasteiger partial charge < -0.3 is 90.8 Å². The Morgan fingerprint density at radius 1 is 0.551 bits per heavy atom. The number of pyridine rings is 1. The van der Waals surface area contributed by atoms with Crippen LogP contribution in [0.4, 0.5) is 0 Å². The number of carbonyl (C=O) groups is 11. The summed E-state index contributed by atoms with van der Waals surface area (Å²) in [5, 5.41) is 54.2. The highest BCUT2D eigenvalue weighted by Crippen LogP contribution is 2.23. The van der Waals surface area contributed by atoms with Gasteiger partial charge in [-0.3, -0.25) is 67.7 Å². The number of primary amides is 1. The molecule has 0 spiro atoms. The number of aromatic hydroxyl groups is 1. The molecule has 0 saturated carbocycles. The normalized spacial score (nSPS) is 15.0. The fourth-order valence-electron chi connectivity index (χ4n) is 12.0. The summed E-state index contributed by atoms with van der Waals surface area (Å²) >= 11 is 6.25. The van der Waals surface area contributed by atoms with Gasteiger partial charge in [0.1, 0.15) is 66.2 Å². The Morgan fingerprint density at radius 3 is 1.61 bits per heavy atom. The molecule has 10 atom stereocenters. The van der Waals surface area contributed by atoms with Crippen molar-refractivity contribution >= 4 is 99.3 Å². The zero-order chi connectivity index (χ0) is 78.1. The van der Waals surface area contributed by atoms with Crippen molar-refractivity contribution in [3.63, 3.8) is 0 Å². The van der Waals surface area contributed by atoms with Crippen molar-refractivity contribution in [1.82, 2.24) is 68.4 Å². The summed E-state index contributed by atoms with van der Waals surface area (Å²) in [5.74, 6) is -8.80. The first-order valence-corrected chi connectivity index (χ1v) is 36.4. The number of likely N-dealkylation sites (tertiary alicyclic amines) is 1. The van der Waals surface area contributed by atoms with E-state index in [1.54, 1.807) is 50.2 Å². The summed E-state index contributed by atoms with van der Waals surface area (Å²) in [6.45, 7) is 10.7. The van der Waals surface area contributed by atoms with E-state index < -0.39 is 132 Å². The second-order valence-corrected chi connectivity index (χ2v) is 27.1. The van der Waals surface area contributed by atoms with Gasteiger partial charge in [0.25, 0.3) is 0 Å². The van der Waals surface area contributed by atoms with Crippen LogP contribution in [0.1, 0.15) is 115 Å². The Bertz CT molecular complexity index is 3880. The van der Waals surface area contributed by atoms with Gasteiger partial charge in [-0.15, -0.1) is 0 Å². The lowest BCUT2D eigenvalue weighted by Gasteiger charge is -2.31. The smallest absolute Gasteiger partial charge is 0.245 e. The molecule has 1 aliphatic rings. The van der Waals surface area contributed by atoms with E-state index in [0.29, 0.717) is 59.2 Å². The Morgan fingerprint density at radius 2 is 1.05 bits per heavy atom. The molecular weight excluding hydrogens is 1400 g/mol. The lowest BCUT2D eigenvalue weighted by molar-refractivity contribution is -0.142. The highest BCUT2D eigenvalue weighted by Gasteiger charge is 2.40. The maximum Gasteiger partial charge on any atom is 0.245 e. The van der Waals surface area contributed by atoms with Crippen LogP contribution in [0.2, 0.25) is 5.02 Å². The molecule has 32 heteroatoms. The van der Waals surface area contributed by atoms with Crippen LogP contribution in [0.3, 0.4) is 0 Å². The molecule has 107 heavy (non-hydrogen) atoms. The van der Waals surface area contributed by atoms with E-state index in [1.807, 2.05) is 56.3 Å². The summed E-state index contributed by atoms with van der Waals surface area (Å²) in [5.41, 5.74) is 18.7. The number of nitrogens with two attached hydrogens (primary N) is 3. The van der Waals surface area contributed by atoms with E-state index >= 15 is 9.59 Å². The average Bonchev–Trinajstić information content (AvgIpc) is 1.77. The number of aliphatic imine (C=N–C) groups is 2. The van der Waals surface area contributed by atoms with Crippen molar-refractivity contribution in [3.05, 3.63) is 143 Å². The highest BCUT2D eigenvalue weighted by molar-refractivity contribution is 6.30. The molecule has 1 saturated heterocycles. The zero-order valence-corrected chi connectivity index (χ0v) is 62.1. The molecule has 5 aromatic rings. The van der Waals surface area contributed by atoms with Crippen LogP contribution >= 0.6 is 11.6 Å². The topological polar surface area (TPSA) is 479 Å². The van der Waals surface area contributed by atoms with Crippen LogP contribution < -0.4 is 75.7 Å². The predicted octanol–water partition coefficient (Wildman–Crippen LogP) is 0.581. The number of halogens is 1. The van der Waals surface area contributed by atoms with Crippen LogP contribution in [0.5, 0.6) is 5.75 Å². The lowest BCUT2D eigenvalue weighted by Crippen LogP contribution is -2.61. The molecule has 4 aromatic carbocycles. The van der Waals surface area contributed by atoms with E-state index in [1.165, 1.54) is 55.4 Å². The molecule has 0 bridgehead atoms. The van der Waals surface area contributed by atoms with Crippen molar-refractivity contribution in [2.24, 2.45) is 33.1 Å². The average molecular weight is 1500 g/mol. The fourth-order valence-corrected chi connectivity index (χ4v) is 12.2. The molecule has 0 aliphatic carbocycles. The van der Waals surface area contributed by atoms with Crippen LogP contribution in [-0.2, 0) is 78.4 Å². The Kier molecular flexibility index (Phi) is 34.5. The second-order valence-electron chi connectivity index (χ2n) is 26.7. The number of aliphatic hydroxyl groups is 1. The second kappa shape index (κ2) is 43.5. The summed E-state index contributed by atoms with van der Waals surface area (Å²) in [6.07, 6.45) is 3.79. The number of unbranched alkanes of at least 4 members (excludes halogenated alkanes) is 1. The van der Waals surface area contributed by atoms with Crippen LogP contribution in [0.15, 0.2) is 126 Å². The van der Waals surface area contributed by atoms with Gasteiger partial charge in [0, 0.05) is 82.7 Å². The Hall–Kier alpha value is -10.9. The van der Waals surface area contributed by atoms with Crippen LogP contribution in [0.25, 0.3) is 10.8 Å². The van der Waals surface area contributed by atoms with Gasteiger partial charge in [-0.25, -0.2) is 0 Å². The molecule has 1 aromatic heterocycles. The van der Waals surface area contributed by atoms with E-state index in [-0.39, 0.29) is 101 Å². The standard InChI is InChI=1S/C75H103ClN18O13/c1-7-81-75(82-8-2)84-33-12-11-19-55(65(99)89-57(36-44(3)4)66(100)88-56(20-14-34-83-74(78)79)73(107)94-35-15-21-63(94)72(106)85-45(5)64(77)98)87-68(102)59(39-48-25-30-54(97)31-26-48)92-71(105)62(43-95)93-70(104)61(41-50-16-13-32-80-42-50)91-69(103)60(38-47-23-28-53(76)29-24-47)90-67(101)58(86-46(6)96)40-49-22-27-51-17-9-10-18-52(51)37-49/h9-10,13,16-18,22-32,37,42,44-45,55-63,95,97H,7-8,11-12,14-15,19-21,33-36,38-41,43H2,1-6H3,(H2,77,98)(H,85,106)(H,86,96)(H,87,102)(H,88,100)(H,89,99)(H,90,101)(H,91,103)(H,92,105)(H,93,104)(H4,78,79,83)(H2,81,82,84)/t45-,55-,56+,57+,58-,59+,60-,61-,62+,63+/m1/s1. The molecule has 2 heterocycles. The largest absolute Gasteiger partial charge is 0.508 e. The lowest BCUT2D eigenvalue weighted by atomic mass is 9.99. The number of aromatic nitrogens is 1. The first-order valence-electron chi connectivity index (χ1n) is 36.0. The highest BCUT2D eigenvalue weighted by atomic mass is 35.5. The number of hydrogen-bond donors (Lipinski definition) is 16. The van der Waals surface area contributed by atoms with Gasteiger partial charge in [-0.05, 0) is 141 Å². The summed E-state index contributed by atoms with van der Waals surface area (Å²) < 4.78 is 0. The SMILES string of the molecule is CCNC(=NCCCC[C@@H](NC(=O)[C@H](Cc1ccc(O)cc1)NC(=O)[C@H](CO)NC(=O)[C@@H](Cc1cccnc1)NC(=O)[C@@H](Cc1ccc(Cl)cc1)NC(=O)[C@@H](Cc1ccc2ccccc2c1)NC(C)=O)C(=O)N[C@@H](CC(C)C)C(=O)N[C@@H](CCCN=C(N)N)C(=O)N1CCC[C@H]1C(=O)N[C@H](C)C(N)=O)NCC. The number of amides is 11. The maximum absolute atomic E-state index is 15.1. The number of guanidine groups is 2. The quantitative estimate of drug-likeness (QED) is 0.0145. The minimum atomic E-state index is -1.82. The van der Waals surface area contributed by atoms with Crippen molar-refractivity contribution in [3.8, 4) is 5.75 Å². The van der Waals surface area contributed by atoms with Crippen molar-refractivity contribution in [1.29, 1.82) is 0 Å². The van der Waals surface area contributed by atoms with Crippen molar-refractivity contribution in [2.45, 2.75) is 179 Å². The molecular formula is C75H103ClN18O13. The summed E-state index contributed by atoms with van der Waals surface area (Å²) in [7, 11) is 0. The number of phenolic OH excluding ortho intramolecular Hbond substituents is 1. The van der Waals surface area contributed by atoms with Gasteiger partial charge in [0.15, 0.2) is 11.9 Å². The van der Waals surface area contributed by atoms with Crippen molar-refractivity contribution in [2.75, 3.05) is 39.3 Å². The van der Waals surface area contributed by atoms with E-state index in [9.17, 15) is 53.4 Å². The zero-order valence-electron chi connectivity index (χ0n) is 61.3. The number of benzene rings is 4. The molecule has 0 radical (unpaired) electrons. The van der Waals surface area contributed by atoms with E-state index in [4.69, 9.17) is 28.8 Å². The van der Waals surface area contributed by atoms with Crippen LogP contribution in [-0.4, -0.2) is 197 Å². The van der Waals surface area contributed by atoms with Crippen LogP contribution in [0, 0.1) is 5.92 Å². The maximum atomic E-state index is 15.1. The third kappa shape index (κ3) is 28.5. The first kappa shape index (κ1) is 85.0. The molecule has 578 valence electrons. The van der Waals surface area contributed by atoms with Gasteiger partial charge >= 0.3 is 0 Å². The summed E-state index contributed by atoms with van der Waals surface area (Å²) in [4.78, 5) is 170. The molecule has 19 N–H and O–H groups in total. The number of nitrogens with one attached hydrogen (secondary N) is 11. The van der Waals surface area contributed by atoms with Gasteiger partial charge in [-0.1, -0.05) is 98.2 Å². The Balaban J connectivity index is 1.28. The number of aliphatic hydroxyl groups excluding tert-OH is 1. The predicted molar refractivity (Wildman–Crippen MR) is 405 cm³/mol. The van der Waals surface area contributed by atoms with E-state index in [2.05, 4.69) is 73.5 Å². The third-order valence-corrected chi connectivity index (χ3v) is 17.8. The number of nitrogens with zero attached hydrogens (tertiary/aromatic N) is 4. The van der Waals surface area contributed by atoms with Gasteiger partial charge in [0.2, 0.25) is 65.0 Å². The number of rotatable bonds is 41. The molecule has 1 fully saturated rings. The number of phenols is 1. The minimum Gasteiger partial charge on any atom is -0.508 e. The first-order chi connectivity index (χ1) is 51.1. The number of carbonyl (C=O) groups excluding carboxylic acids is 11. The third-order valence-electron chi connectivity index (χ3n) is 17.6. The number of fused-ring (bicyclic) bond motifs is 1. The van der Waals surface area contributed by atoms with Gasteiger partial charge in [0.05, 0.1) is 6.61 Å². The van der Waals surface area contributed by atoms with E-state index in [0.717, 1.165) is 10.8 Å². The minimum absolute atomic E-state index is 0.0145. The number of hydrogen-bond acceptors (Lipinski definition) is 16. The molecule has 6 rings (SSSR count). The Labute approximate surface area is 627 Å². The van der Waals surface area contributed by atoms with Gasteiger partial charge in [-0.2, -0.15) is 0 Å². The van der Waals surface area contributed by atoms with Crippen molar-refractivity contribution < 1.29 is 63.0 Å². The molecule has 11 amide bonds.